The molecule has 1 unspecified atom stereocenters. The molecule has 0 saturated carbocycles. The van der Waals surface area contributed by atoms with Gasteiger partial charge in [0.1, 0.15) is 6.61 Å². The number of nitrogens with two attached hydrogens (primary N) is 1. The van der Waals surface area contributed by atoms with Gasteiger partial charge in [-0.05, 0) is 18.9 Å². The van der Waals surface area contributed by atoms with Gasteiger partial charge in [0.15, 0.2) is 5.82 Å². The van der Waals surface area contributed by atoms with Crippen molar-refractivity contribution < 1.29 is 13.9 Å². The van der Waals surface area contributed by atoms with Crippen LogP contribution < -0.4 is 10.5 Å². The van der Waals surface area contributed by atoms with Crippen molar-refractivity contribution in [3.8, 4) is 5.88 Å². The maximum Gasteiger partial charge on any atom is 0.250 e. The van der Waals surface area contributed by atoms with Gasteiger partial charge in [-0.25, -0.2) is 9.37 Å². The van der Waals surface area contributed by atoms with Gasteiger partial charge in [0, 0.05) is 24.9 Å². The molecule has 1 aliphatic heterocycles. The number of halogens is 1. The minimum atomic E-state index is -0.469. The lowest BCUT2D eigenvalue weighted by atomic mass is 10.2. The molecular weight excluding hydrogens is 211 g/mol. The number of rotatable bonds is 4. The van der Waals surface area contributed by atoms with E-state index >= 15 is 0 Å². The highest BCUT2D eigenvalue weighted by atomic mass is 19.1. The summed E-state index contributed by atoms with van der Waals surface area (Å²) < 4.78 is 24.3. The molecule has 1 fully saturated rings. The number of hydrogen-bond donors (Lipinski definition) is 1. The molecule has 0 radical (unpaired) electrons. The van der Waals surface area contributed by atoms with Crippen LogP contribution in [0.3, 0.4) is 0 Å². The van der Waals surface area contributed by atoms with Gasteiger partial charge in [0.05, 0.1) is 6.10 Å². The average molecular weight is 226 g/mol. The summed E-state index contributed by atoms with van der Waals surface area (Å²) in [5.74, 6) is -0.457. The first kappa shape index (κ1) is 11.3. The highest BCUT2D eigenvalue weighted by molar-refractivity contribution is 5.23. The molecule has 0 bridgehead atoms. The second-order valence-electron chi connectivity index (χ2n) is 3.74. The number of pyridine rings is 1. The van der Waals surface area contributed by atoms with Gasteiger partial charge in [-0.3, -0.25) is 0 Å². The van der Waals surface area contributed by atoms with E-state index in [0.29, 0.717) is 12.2 Å². The molecule has 88 valence electrons. The van der Waals surface area contributed by atoms with Crippen molar-refractivity contribution in [2.24, 2.45) is 5.73 Å². The Morgan fingerprint density at radius 2 is 2.50 bits per heavy atom. The Morgan fingerprint density at radius 1 is 1.62 bits per heavy atom. The SMILES string of the molecule is NCc1ccnc(OCC2CCCO2)c1F. The topological polar surface area (TPSA) is 57.4 Å². The predicted octanol–water partition coefficient (Wildman–Crippen LogP) is 1.24. The van der Waals surface area contributed by atoms with Crippen molar-refractivity contribution in [2.45, 2.75) is 25.5 Å². The fourth-order valence-electron chi connectivity index (χ4n) is 1.67. The zero-order chi connectivity index (χ0) is 11.4. The largest absolute Gasteiger partial charge is 0.473 e. The summed E-state index contributed by atoms with van der Waals surface area (Å²) in [7, 11) is 0. The molecule has 1 aromatic heterocycles. The smallest absolute Gasteiger partial charge is 0.250 e. The van der Waals surface area contributed by atoms with Gasteiger partial charge < -0.3 is 15.2 Å². The Kier molecular flexibility index (Phi) is 3.69. The maximum absolute atomic E-state index is 13.6. The average Bonchev–Trinajstić information content (AvgIpc) is 2.81. The number of ether oxygens (including phenoxy) is 2. The van der Waals surface area contributed by atoms with E-state index in [2.05, 4.69) is 4.98 Å². The van der Waals surface area contributed by atoms with Crippen LogP contribution in [0, 0.1) is 5.82 Å². The molecule has 0 aromatic carbocycles. The van der Waals surface area contributed by atoms with Crippen LogP contribution in [-0.2, 0) is 11.3 Å². The third-order valence-electron chi connectivity index (χ3n) is 2.59. The first-order valence-corrected chi connectivity index (χ1v) is 5.39. The van der Waals surface area contributed by atoms with E-state index in [1.807, 2.05) is 0 Å². The fraction of sp³-hybridized carbons (Fsp3) is 0.545. The molecule has 2 heterocycles. The monoisotopic (exact) mass is 226 g/mol. The molecular formula is C11H15FN2O2. The molecule has 1 atom stereocenters. The first-order chi connectivity index (χ1) is 7.81. The Morgan fingerprint density at radius 3 is 3.19 bits per heavy atom. The molecule has 0 amide bonds. The molecule has 2 rings (SSSR count). The Bertz CT molecular complexity index is 354. The fourth-order valence-corrected chi connectivity index (χ4v) is 1.67. The Hall–Kier alpha value is -1.20. The van der Waals surface area contributed by atoms with Crippen LogP contribution in [-0.4, -0.2) is 24.3 Å². The molecule has 2 N–H and O–H groups in total. The molecule has 16 heavy (non-hydrogen) atoms. The third kappa shape index (κ3) is 2.48. The third-order valence-corrected chi connectivity index (χ3v) is 2.59. The summed E-state index contributed by atoms with van der Waals surface area (Å²) >= 11 is 0. The van der Waals surface area contributed by atoms with E-state index in [4.69, 9.17) is 15.2 Å². The van der Waals surface area contributed by atoms with Crippen molar-refractivity contribution in [3.05, 3.63) is 23.6 Å². The van der Waals surface area contributed by atoms with E-state index < -0.39 is 5.82 Å². The molecule has 5 heteroatoms. The standard InChI is InChI=1S/C11H15FN2O2/c12-10-8(6-13)3-4-14-11(10)16-7-9-2-1-5-15-9/h3-4,9H,1-2,5-7,13H2. The zero-order valence-corrected chi connectivity index (χ0v) is 8.99. The highest BCUT2D eigenvalue weighted by Crippen LogP contribution is 2.19. The number of aromatic nitrogens is 1. The summed E-state index contributed by atoms with van der Waals surface area (Å²) in [4.78, 5) is 3.84. The first-order valence-electron chi connectivity index (χ1n) is 5.39. The van der Waals surface area contributed by atoms with E-state index in [1.54, 1.807) is 6.07 Å². The number of hydrogen-bond acceptors (Lipinski definition) is 4. The normalized spacial score (nSPS) is 20.0. The van der Waals surface area contributed by atoms with Gasteiger partial charge >= 0.3 is 0 Å². The van der Waals surface area contributed by atoms with Crippen LogP contribution in [0.15, 0.2) is 12.3 Å². The van der Waals surface area contributed by atoms with Crippen LogP contribution in [0.2, 0.25) is 0 Å². The zero-order valence-electron chi connectivity index (χ0n) is 8.99. The lowest BCUT2D eigenvalue weighted by Gasteiger charge is -2.11. The highest BCUT2D eigenvalue weighted by Gasteiger charge is 2.18. The summed E-state index contributed by atoms with van der Waals surface area (Å²) in [5, 5.41) is 0. The van der Waals surface area contributed by atoms with Crippen molar-refractivity contribution in [3.63, 3.8) is 0 Å². The Labute approximate surface area is 93.6 Å². The van der Waals surface area contributed by atoms with Crippen molar-refractivity contribution in [2.75, 3.05) is 13.2 Å². The lowest BCUT2D eigenvalue weighted by Crippen LogP contribution is -2.17. The molecule has 1 saturated heterocycles. The molecule has 0 spiro atoms. The number of nitrogens with zero attached hydrogens (tertiary/aromatic N) is 1. The van der Waals surface area contributed by atoms with Crippen molar-refractivity contribution in [1.29, 1.82) is 0 Å². The predicted molar refractivity (Wildman–Crippen MR) is 56.6 cm³/mol. The van der Waals surface area contributed by atoms with Crippen LogP contribution in [0.4, 0.5) is 4.39 Å². The molecule has 1 aromatic rings. The van der Waals surface area contributed by atoms with E-state index in [-0.39, 0.29) is 18.5 Å². The van der Waals surface area contributed by atoms with Gasteiger partial charge in [-0.1, -0.05) is 0 Å². The van der Waals surface area contributed by atoms with Crippen molar-refractivity contribution in [1.82, 2.24) is 4.98 Å². The summed E-state index contributed by atoms with van der Waals surface area (Å²) in [6, 6.07) is 1.55. The van der Waals surface area contributed by atoms with E-state index in [9.17, 15) is 4.39 Å². The van der Waals surface area contributed by atoms with Gasteiger partial charge in [-0.15, -0.1) is 0 Å². The van der Waals surface area contributed by atoms with Crippen LogP contribution in [0.25, 0.3) is 0 Å². The maximum atomic E-state index is 13.6. The van der Waals surface area contributed by atoms with E-state index in [1.165, 1.54) is 6.20 Å². The summed E-state index contributed by atoms with van der Waals surface area (Å²) in [6.07, 6.45) is 3.55. The molecule has 1 aliphatic rings. The summed E-state index contributed by atoms with van der Waals surface area (Å²) in [6.45, 7) is 1.25. The van der Waals surface area contributed by atoms with Crippen LogP contribution >= 0.6 is 0 Å². The van der Waals surface area contributed by atoms with Crippen LogP contribution in [0.1, 0.15) is 18.4 Å². The van der Waals surface area contributed by atoms with Crippen molar-refractivity contribution >= 4 is 0 Å². The minimum Gasteiger partial charge on any atom is -0.473 e. The lowest BCUT2D eigenvalue weighted by molar-refractivity contribution is 0.0647. The molecule has 0 aliphatic carbocycles. The minimum absolute atomic E-state index is 0.0125. The van der Waals surface area contributed by atoms with Gasteiger partial charge in [0.2, 0.25) is 0 Å². The molecule has 4 nitrogen and oxygen atoms in total. The van der Waals surface area contributed by atoms with Crippen LogP contribution in [0.5, 0.6) is 5.88 Å². The second kappa shape index (κ2) is 5.23. The van der Waals surface area contributed by atoms with Gasteiger partial charge in [-0.2, -0.15) is 0 Å². The quantitative estimate of drug-likeness (QED) is 0.839. The van der Waals surface area contributed by atoms with Gasteiger partial charge in [0.25, 0.3) is 5.88 Å². The van der Waals surface area contributed by atoms with E-state index in [0.717, 1.165) is 19.4 Å². The summed E-state index contributed by atoms with van der Waals surface area (Å²) in [5.41, 5.74) is 5.80. The Balaban J connectivity index is 1.97. The second-order valence-corrected chi connectivity index (χ2v) is 3.74.